The van der Waals surface area contributed by atoms with Crippen LogP contribution in [0.5, 0.6) is 0 Å². The zero-order valence-corrected chi connectivity index (χ0v) is 12.9. The summed E-state index contributed by atoms with van der Waals surface area (Å²) in [5, 5.41) is 3.46. The van der Waals surface area contributed by atoms with Crippen LogP contribution < -0.4 is 5.32 Å². The lowest BCUT2D eigenvalue weighted by Gasteiger charge is -2.28. The molecule has 0 amide bonds. The van der Waals surface area contributed by atoms with Crippen molar-refractivity contribution < 1.29 is 8.42 Å². The molecule has 18 heavy (non-hydrogen) atoms. The molecule has 106 valence electrons. The molecule has 0 heterocycles. The van der Waals surface area contributed by atoms with Crippen molar-refractivity contribution in [2.24, 2.45) is 5.41 Å². The third-order valence-corrected chi connectivity index (χ3v) is 6.35. The SMILES string of the molecule is C=CC(C)(CCS(=O)(=O)C(C)(C)C)CNC1CC1. The molecule has 0 aromatic heterocycles. The summed E-state index contributed by atoms with van der Waals surface area (Å²) in [5.41, 5.74) is -0.138. The summed E-state index contributed by atoms with van der Waals surface area (Å²) in [5.74, 6) is 0.228. The highest BCUT2D eigenvalue weighted by Gasteiger charge is 2.32. The van der Waals surface area contributed by atoms with E-state index in [0.29, 0.717) is 12.5 Å². The second-order valence-corrected chi connectivity index (χ2v) is 9.56. The predicted octanol–water partition coefficient (Wildman–Crippen LogP) is 2.53. The molecule has 1 unspecified atom stereocenters. The van der Waals surface area contributed by atoms with Crippen molar-refractivity contribution in [3.05, 3.63) is 12.7 Å². The summed E-state index contributed by atoms with van der Waals surface area (Å²) < 4.78 is 23.6. The van der Waals surface area contributed by atoms with Crippen molar-refractivity contribution in [3.8, 4) is 0 Å². The second kappa shape index (κ2) is 5.33. The summed E-state index contributed by atoms with van der Waals surface area (Å²) in [6.45, 7) is 12.0. The first kappa shape index (κ1) is 15.7. The van der Waals surface area contributed by atoms with Gasteiger partial charge >= 0.3 is 0 Å². The summed E-state index contributed by atoms with van der Waals surface area (Å²) in [6, 6.07) is 0.642. The predicted molar refractivity (Wildman–Crippen MR) is 77.5 cm³/mol. The van der Waals surface area contributed by atoms with E-state index >= 15 is 0 Å². The number of nitrogens with one attached hydrogen (secondary N) is 1. The van der Waals surface area contributed by atoms with Gasteiger partial charge in [0.25, 0.3) is 0 Å². The Morgan fingerprint density at radius 1 is 1.28 bits per heavy atom. The van der Waals surface area contributed by atoms with Gasteiger partial charge in [-0.3, -0.25) is 0 Å². The Labute approximate surface area is 112 Å². The first-order valence-electron chi connectivity index (χ1n) is 6.69. The van der Waals surface area contributed by atoms with Crippen LogP contribution in [0.3, 0.4) is 0 Å². The minimum absolute atomic E-state index is 0.138. The van der Waals surface area contributed by atoms with Gasteiger partial charge in [-0.1, -0.05) is 13.0 Å². The molecular weight excluding hydrogens is 246 g/mol. The van der Waals surface area contributed by atoms with Crippen molar-refractivity contribution >= 4 is 9.84 Å². The monoisotopic (exact) mass is 273 g/mol. The van der Waals surface area contributed by atoms with Crippen LogP contribution in [0.4, 0.5) is 0 Å². The Bertz CT molecular complexity index is 391. The molecule has 4 heteroatoms. The Morgan fingerprint density at radius 3 is 2.22 bits per heavy atom. The van der Waals surface area contributed by atoms with Crippen molar-refractivity contribution in [2.45, 2.75) is 57.7 Å². The van der Waals surface area contributed by atoms with Gasteiger partial charge in [0.15, 0.2) is 9.84 Å². The van der Waals surface area contributed by atoms with E-state index in [0.717, 1.165) is 6.54 Å². The first-order valence-corrected chi connectivity index (χ1v) is 8.34. The Balaban J connectivity index is 2.54. The summed E-state index contributed by atoms with van der Waals surface area (Å²) in [7, 11) is -3.04. The van der Waals surface area contributed by atoms with Crippen LogP contribution in [0.15, 0.2) is 12.7 Å². The quantitative estimate of drug-likeness (QED) is 0.725. The van der Waals surface area contributed by atoms with Crippen molar-refractivity contribution in [2.75, 3.05) is 12.3 Å². The molecule has 0 aliphatic heterocycles. The molecule has 0 bridgehead atoms. The van der Waals surface area contributed by atoms with E-state index in [2.05, 4.69) is 18.8 Å². The minimum atomic E-state index is -3.04. The average Bonchev–Trinajstić information content (AvgIpc) is 3.06. The smallest absolute Gasteiger partial charge is 0.155 e. The maximum absolute atomic E-state index is 12.1. The van der Waals surface area contributed by atoms with Crippen LogP contribution in [0.1, 0.15) is 47.0 Å². The van der Waals surface area contributed by atoms with E-state index in [-0.39, 0.29) is 11.2 Å². The Kier molecular flexibility index (Phi) is 4.65. The molecule has 0 aromatic carbocycles. The minimum Gasteiger partial charge on any atom is -0.313 e. The molecule has 0 spiro atoms. The summed E-state index contributed by atoms with van der Waals surface area (Å²) in [6.07, 6.45) is 5.01. The van der Waals surface area contributed by atoms with Gasteiger partial charge in [0, 0.05) is 12.6 Å². The topological polar surface area (TPSA) is 46.2 Å². The van der Waals surface area contributed by atoms with E-state index in [4.69, 9.17) is 0 Å². The van der Waals surface area contributed by atoms with Gasteiger partial charge in [0.2, 0.25) is 0 Å². The van der Waals surface area contributed by atoms with Crippen LogP contribution in [0, 0.1) is 5.41 Å². The molecule has 1 aliphatic carbocycles. The van der Waals surface area contributed by atoms with Gasteiger partial charge < -0.3 is 5.32 Å². The Hall–Kier alpha value is -0.350. The van der Waals surface area contributed by atoms with E-state index in [1.165, 1.54) is 12.8 Å². The lowest BCUT2D eigenvalue weighted by molar-refractivity contribution is 0.377. The van der Waals surface area contributed by atoms with E-state index in [1.807, 2.05) is 6.08 Å². The van der Waals surface area contributed by atoms with E-state index in [9.17, 15) is 8.42 Å². The van der Waals surface area contributed by atoms with Gasteiger partial charge in [-0.05, 0) is 45.4 Å². The molecule has 1 fully saturated rings. The van der Waals surface area contributed by atoms with Crippen LogP contribution in [0.25, 0.3) is 0 Å². The normalized spacial score (nSPS) is 20.4. The number of sulfone groups is 1. The second-order valence-electron chi connectivity index (χ2n) is 6.69. The molecule has 1 atom stereocenters. The van der Waals surface area contributed by atoms with Gasteiger partial charge in [-0.25, -0.2) is 8.42 Å². The fourth-order valence-corrected chi connectivity index (χ4v) is 2.95. The molecule has 1 aliphatic rings. The highest BCUT2D eigenvalue weighted by Crippen LogP contribution is 2.28. The van der Waals surface area contributed by atoms with Crippen molar-refractivity contribution in [1.82, 2.24) is 5.32 Å². The largest absolute Gasteiger partial charge is 0.313 e. The highest BCUT2D eigenvalue weighted by atomic mass is 32.2. The lowest BCUT2D eigenvalue weighted by Crippen LogP contribution is -2.36. The molecule has 0 radical (unpaired) electrons. The average molecular weight is 273 g/mol. The molecule has 0 aromatic rings. The summed E-state index contributed by atoms with van der Waals surface area (Å²) >= 11 is 0. The van der Waals surface area contributed by atoms with Gasteiger partial charge in [-0.2, -0.15) is 0 Å². The lowest BCUT2D eigenvalue weighted by atomic mass is 9.88. The van der Waals surface area contributed by atoms with E-state index < -0.39 is 14.6 Å². The van der Waals surface area contributed by atoms with Crippen molar-refractivity contribution in [1.29, 1.82) is 0 Å². The van der Waals surface area contributed by atoms with Gasteiger partial charge in [0.1, 0.15) is 0 Å². The summed E-state index contributed by atoms with van der Waals surface area (Å²) in [4.78, 5) is 0. The first-order chi connectivity index (χ1) is 8.10. The van der Waals surface area contributed by atoms with E-state index in [1.54, 1.807) is 20.8 Å². The molecule has 3 nitrogen and oxygen atoms in total. The van der Waals surface area contributed by atoms with Crippen molar-refractivity contribution in [3.63, 3.8) is 0 Å². The number of hydrogen-bond acceptors (Lipinski definition) is 3. The zero-order chi connectivity index (χ0) is 14.0. The number of rotatable bonds is 7. The van der Waals surface area contributed by atoms with Crippen LogP contribution in [0.2, 0.25) is 0 Å². The highest BCUT2D eigenvalue weighted by molar-refractivity contribution is 7.92. The number of hydrogen-bond donors (Lipinski definition) is 1. The molecule has 1 rings (SSSR count). The molecular formula is C14H27NO2S. The standard InChI is InChI=1S/C14H27NO2S/c1-6-14(5,11-15-12-7-8-12)9-10-18(16,17)13(2,3)4/h6,12,15H,1,7-11H2,2-5H3. The fourth-order valence-electron chi connectivity index (χ4n) is 1.60. The maximum Gasteiger partial charge on any atom is 0.155 e. The van der Waals surface area contributed by atoms with Gasteiger partial charge in [-0.15, -0.1) is 6.58 Å². The molecule has 0 saturated heterocycles. The van der Waals surface area contributed by atoms with Crippen LogP contribution >= 0.6 is 0 Å². The maximum atomic E-state index is 12.1. The van der Waals surface area contributed by atoms with Gasteiger partial charge in [0.05, 0.1) is 10.5 Å². The Morgan fingerprint density at radius 2 is 1.83 bits per heavy atom. The third-order valence-electron chi connectivity index (χ3n) is 3.74. The third kappa shape index (κ3) is 4.39. The molecule has 1 N–H and O–H groups in total. The van der Waals surface area contributed by atoms with Crippen LogP contribution in [-0.4, -0.2) is 31.5 Å². The zero-order valence-electron chi connectivity index (χ0n) is 12.1. The fraction of sp³-hybridized carbons (Fsp3) is 0.857. The van der Waals surface area contributed by atoms with Crippen LogP contribution in [-0.2, 0) is 9.84 Å². The molecule has 1 saturated carbocycles.